The monoisotopic (exact) mass is 627 g/mol. The van der Waals surface area contributed by atoms with E-state index in [1.165, 1.54) is 38.2 Å². The summed E-state index contributed by atoms with van der Waals surface area (Å²) >= 11 is 6.06. The number of benzene rings is 2. The van der Waals surface area contributed by atoms with Crippen molar-refractivity contribution in [2.75, 3.05) is 19.8 Å². The number of aromatic nitrogens is 1. The maximum atomic E-state index is 14.3. The molecule has 0 radical (unpaired) electrons. The summed E-state index contributed by atoms with van der Waals surface area (Å²) in [5.74, 6) is -5.68. The van der Waals surface area contributed by atoms with E-state index in [1.54, 1.807) is 30.3 Å². The number of nitrogens with one attached hydrogen (secondary N) is 2. The average molecular weight is 628 g/mol. The normalized spacial score (nSPS) is 11.0. The average Bonchev–Trinajstić information content (AvgIpc) is 3.02. The number of esters is 2. The van der Waals surface area contributed by atoms with Crippen LogP contribution in [0.15, 0.2) is 77.1 Å². The van der Waals surface area contributed by atoms with E-state index in [-0.39, 0.29) is 36.1 Å². The molecule has 44 heavy (non-hydrogen) atoms. The van der Waals surface area contributed by atoms with Gasteiger partial charge in [-0.3, -0.25) is 9.59 Å². The van der Waals surface area contributed by atoms with E-state index >= 15 is 0 Å². The fourth-order valence-corrected chi connectivity index (χ4v) is 3.69. The van der Waals surface area contributed by atoms with E-state index in [0.29, 0.717) is 5.56 Å². The van der Waals surface area contributed by atoms with Crippen molar-refractivity contribution in [1.29, 1.82) is 0 Å². The lowest BCUT2D eigenvalue weighted by Gasteiger charge is -2.25. The highest BCUT2D eigenvalue weighted by molar-refractivity contribution is 6.31. The van der Waals surface area contributed by atoms with Crippen LogP contribution in [0.2, 0.25) is 5.02 Å². The van der Waals surface area contributed by atoms with Gasteiger partial charge >= 0.3 is 23.7 Å². The number of hydrogen-bond donors (Lipinski definition) is 2. The number of carbonyl (C=O) groups excluding carboxylic acids is 5. The summed E-state index contributed by atoms with van der Waals surface area (Å²) in [6, 6.07) is 14.8. The first-order valence-corrected chi connectivity index (χ1v) is 13.5. The van der Waals surface area contributed by atoms with E-state index in [9.17, 15) is 28.4 Å². The third-order valence-electron chi connectivity index (χ3n) is 5.55. The number of carbonyl (C=O) groups is 5. The van der Waals surface area contributed by atoms with Crippen LogP contribution in [0.4, 0.5) is 14.9 Å². The number of hydrogen-bond acceptors (Lipinski definition) is 11. The molecule has 15 heteroatoms. The zero-order valence-electron chi connectivity index (χ0n) is 23.5. The maximum absolute atomic E-state index is 14.3. The van der Waals surface area contributed by atoms with Crippen LogP contribution in [0, 0.1) is 5.82 Å². The Labute approximate surface area is 255 Å². The lowest BCUT2D eigenvalue weighted by molar-refractivity contribution is -0.167. The standard InChI is InChI=1S/C29H27ClFN5O8/c1-3-42-26(39)29(27(40)43-4-2,34-23(37)16-33-28(41)44-17-18-9-6-5-7-10-18)36-35-22-13-12-19(30)15-20(22)25(38)24-21(31)11-8-14-32-24/h5-15H,3-4,16-17H2,1-2H3,(H,33,41)(H,34,37). The molecule has 3 rings (SSSR count). The number of halogens is 2. The highest BCUT2D eigenvalue weighted by Crippen LogP contribution is 2.28. The lowest BCUT2D eigenvalue weighted by atomic mass is 10.1. The molecule has 0 bridgehead atoms. The number of pyridine rings is 1. The fraction of sp³-hybridized carbons (Fsp3) is 0.241. The minimum Gasteiger partial charge on any atom is -0.462 e. The number of ketones is 1. The Morgan fingerprint density at radius 3 is 2.25 bits per heavy atom. The van der Waals surface area contributed by atoms with Crippen molar-refractivity contribution >= 4 is 47.0 Å². The molecule has 0 aliphatic heterocycles. The number of rotatable bonds is 13. The Bertz CT molecular complexity index is 1540. The Morgan fingerprint density at radius 2 is 1.61 bits per heavy atom. The first kappa shape index (κ1) is 33.3. The van der Waals surface area contributed by atoms with Crippen LogP contribution in [0.3, 0.4) is 0 Å². The Kier molecular flexibility index (Phi) is 12.0. The summed E-state index contributed by atoms with van der Waals surface area (Å²) in [6.45, 7) is 1.57. The zero-order valence-corrected chi connectivity index (χ0v) is 24.3. The van der Waals surface area contributed by atoms with Gasteiger partial charge in [-0.1, -0.05) is 41.9 Å². The van der Waals surface area contributed by atoms with Crippen LogP contribution in [-0.4, -0.2) is 60.1 Å². The molecule has 0 atom stereocenters. The van der Waals surface area contributed by atoms with Crippen LogP contribution in [0.25, 0.3) is 0 Å². The number of alkyl carbamates (subject to hydrolysis) is 1. The second-order valence-corrected chi connectivity index (χ2v) is 9.08. The predicted molar refractivity (Wildman–Crippen MR) is 152 cm³/mol. The van der Waals surface area contributed by atoms with Gasteiger partial charge in [0, 0.05) is 11.2 Å². The molecule has 1 heterocycles. The van der Waals surface area contributed by atoms with Crippen LogP contribution in [0.5, 0.6) is 0 Å². The highest BCUT2D eigenvalue weighted by atomic mass is 35.5. The highest BCUT2D eigenvalue weighted by Gasteiger charge is 2.52. The van der Waals surface area contributed by atoms with Crippen molar-refractivity contribution in [3.8, 4) is 0 Å². The van der Waals surface area contributed by atoms with Crippen molar-refractivity contribution in [2.24, 2.45) is 10.2 Å². The largest absolute Gasteiger partial charge is 0.462 e. The molecule has 3 aromatic rings. The summed E-state index contributed by atoms with van der Waals surface area (Å²) in [6.07, 6.45) is 0.241. The fourth-order valence-electron chi connectivity index (χ4n) is 3.52. The van der Waals surface area contributed by atoms with Crippen molar-refractivity contribution in [3.63, 3.8) is 0 Å². The van der Waals surface area contributed by atoms with E-state index in [2.05, 4.69) is 25.8 Å². The summed E-state index contributed by atoms with van der Waals surface area (Å²) in [5, 5.41) is 12.0. The SMILES string of the molecule is CCOC(=O)C(N=Nc1ccc(Cl)cc1C(=O)c1ncccc1F)(NC(=O)CNC(=O)OCc1ccccc1)C(=O)OCC. The van der Waals surface area contributed by atoms with Gasteiger partial charge in [0.05, 0.1) is 24.5 Å². The van der Waals surface area contributed by atoms with Crippen molar-refractivity contribution < 1.29 is 42.6 Å². The van der Waals surface area contributed by atoms with Gasteiger partial charge < -0.3 is 24.8 Å². The van der Waals surface area contributed by atoms with Crippen LogP contribution in [0.1, 0.15) is 35.5 Å². The van der Waals surface area contributed by atoms with Gasteiger partial charge in [0.25, 0.3) is 0 Å². The quantitative estimate of drug-likeness (QED) is 0.0931. The molecule has 1 aromatic heterocycles. The number of ether oxygens (including phenoxy) is 3. The van der Waals surface area contributed by atoms with E-state index in [0.717, 1.165) is 12.1 Å². The first-order chi connectivity index (χ1) is 21.1. The van der Waals surface area contributed by atoms with Gasteiger partial charge in [-0.25, -0.2) is 23.8 Å². The van der Waals surface area contributed by atoms with Gasteiger partial charge in [0.1, 0.15) is 18.8 Å². The maximum Gasteiger partial charge on any atom is 0.407 e. The zero-order chi connectivity index (χ0) is 32.1. The number of nitrogens with zero attached hydrogens (tertiary/aromatic N) is 3. The molecule has 0 saturated carbocycles. The first-order valence-electron chi connectivity index (χ1n) is 13.1. The van der Waals surface area contributed by atoms with Crippen molar-refractivity contribution in [3.05, 3.63) is 94.5 Å². The van der Waals surface area contributed by atoms with Crippen LogP contribution < -0.4 is 10.6 Å². The molecule has 0 fully saturated rings. The van der Waals surface area contributed by atoms with Gasteiger partial charge in [0.15, 0.2) is 5.82 Å². The molecule has 0 aliphatic carbocycles. The molecule has 2 aromatic carbocycles. The van der Waals surface area contributed by atoms with Crippen LogP contribution >= 0.6 is 11.6 Å². The molecule has 2 N–H and O–H groups in total. The predicted octanol–water partition coefficient (Wildman–Crippen LogP) is 4.05. The summed E-state index contributed by atoms with van der Waals surface area (Å²) < 4.78 is 29.4. The van der Waals surface area contributed by atoms with E-state index in [1.807, 2.05) is 0 Å². The van der Waals surface area contributed by atoms with E-state index in [4.69, 9.17) is 25.8 Å². The van der Waals surface area contributed by atoms with Gasteiger partial charge in [0.2, 0.25) is 11.7 Å². The summed E-state index contributed by atoms with van der Waals surface area (Å²) in [7, 11) is 0. The molecular formula is C29H27ClFN5O8. The number of amides is 2. The van der Waals surface area contributed by atoms with Gasteiger partial charge in [-0.05, 0) is 49.7 Å². The molecule has 0 spiro atoms. The van der Waals surface area contributed by atoms with Gasteiger partial charge in [-0.2, -0.15) is 5.11 Å². The summed E-state index contributed by atoms with van der Waals surface area (Å²) in [5.41, 5.74) is -3.31. The minimum atomic E-state index is -2.91. The Balaban J connectivity index is 1.92. The molecule has 230 valence electrons. The van der Waals surface area contributed by atoms with Crippen molar-refractivity contribution in [1.82, 2.24) is 15.6 Å². The molecule has 13 nitrogen and oxygen atoms in total. The molecule has 0 aliphatic rings. The topological polar surface area (TPSA) is 175 Å². The second-order valence-electron chi connectivity index (χ2n) is 8.64. The number of azo groups is 1. The molecular weight excluding hydrogens is 601 g/mol. The van der Waals surface area contributed by atoms with Gasteiger partial charge in [-0.15, -0.1) is 5.11 Å². The molecule has 0 saturated heterocycles. The molecule has 0 unspecified atom stereocenters. The van der Waals surface area contributed by atoms with E-state index < -0.39 is 53.4 Å². The van der Waals surface area contributed by atoms with Crippen molar-refractivity contribution in [2.45, 2.75) is 26.1 Å². The third-order valence-corrected chi connectivity index (χ3v) is 5.79. The van der Waals surface area contributed by atoms with Crippen LogP contribution in [-0.2, 0) is 35.2 Å². The smallest absolute Gasteiger partial charge is 0.407 e. The second kappa shape index (κ2) is 15.8. The summed E-state index contributed by atoms with van der Waals surface area (Å²) in [4.78, 5) is 68.2. The Morgan fingerprint density at radius 1 is 0.932 bits per heavy atom. The Hall–Kier alpha value is -5.24. The lowest BCUT2D eigenvalue weighted by Crippen LogP contribution is -2.61. The third kappa shape index (κ3) is 8.64. The molecule has 2 amide bonds. The minimum absolute atomic E-state index is 0.0733.